The molecule has 2 aliphatic rings. The monoisotopic (exact) mass is 411 g/mol. The molecule has 1 saturated carbocycles. The lowest BCUT2D eigenvalue weighted by atomic mass is 9.84. The minimum atomic E-state index is -0.572. The molecule has 0 radical (unpaired) electrons. The zero-order valence-electron chi connectivity index (χ0n) is 19.1. The first-order chi connectivity index (χ1) is 14.6. The van der Waals surface area contributed by atoms with E-state index in [2.05, 4.69) is 6.92 Å². The maximum absolute atomic E-state index is 12.1. The van der Waals surface area contributed by atoms with E-state index in [1.54, 1.807) is 0 Å². The molecule has 4 heteroatoms. The number of para-hydroxylation sites is 1. The largest absolute Gasteiger partial charge is 0.337 e. The summed E-state index contributed by atoms with van der Waals surface area (Å²) in [6.07, 6.45) is 8.87. The highest BCUT2D eigenvalue weighted by atomic mass is 16.1. The van der Waals surface area contributed by atoms with Crippen LogP contribution in [0.4, 0.5) is 0 Å². The highest BCUT2D eigenvalue weighted by molar-refractivity contribution is 5.98. The van der Waals surface area contributed by atoms with Gasteiger partial charge in [-0.3, -0.25) is 9.59 Å². The van der Waals surface area contributed by atoms with E-state index in [9.17, 15) is 14.4 Å². The molecule has 4 rings (SSSR count). The Bertz CT molecular complexity index is 858. The standard InChI is InChI=1S/C18H19NO3.C6H12.C2H6/c1-2-5-13(21)9-15-14-6-3-4-7-16(14)19-10-18(22)12(11-20)8-17(15)19;1-2-6-4-3-5-6;1-2/h3-4,6-7,11-12H,2,5,8-10H2,1H3;6H,2-5H2,1H3;1-2H3. The van der Waals surface area contributed by atoms with Gasteiger partial charge in [0.15, 0.2) is 5.78 Å². The summed E-state index contributed by atoms with van der Waals surface area (Å²) in [7, 11) is 0. The molecule has 4 nitrogen and oxygen atoms in total. The van der Waals surface area contributed by atoms with E-state index in [1.165, 1.54) is 25.7 Å². The van der Waals surface area contributed by atoms with Gasteiger partial charge in [0.1, 0.15) is 12.1 Å². The third-order valence-corrected chi connectivity index (χ3v) is 6.20. The predicted molar refractivity (Wildman–Crippen MR) is 123 cm³/mol. The number of rotatable bonds is 6. The summed E-state index contributed by atoms with van der Waals surface area (Å²) >= 11 is 0. The van der Waals surface area contributed by atoms with E-state index in [0.29, 0.717) is 19.3 Å². The lowest BCUT2D eigenvalue weighted by molar-refractivity contribution is -0.128. The van der Waals surface area contributed by atoms with Crippen LogP contribution in [0.15, 0.2) is 24.3 Å². The fraction of sp³-hybridized carbons (Fsp3) is 0.577. The van der Waals surface area contributed by atoms with Gasteiger partial charge in [-0.15, -0.1) is 0 Å². The minimum Gasteiger partial charge on any atom is -0.337 e. The van der Waals surface area contributed by atoms with E-state index in [0.717, 1.165) is 40.8 Å². The highest BCUT2D eigenvalue weighted by Crippen LogP contribution is 2.32. The lowest BCUT2D eigenvalue weighted by Gasteiger charge is -2.22. The summed E-state index contributed by atoms with van der Waals surface area (Å²) in [5, 5.41) is 1.03. The summed E-state index contributed by atoms with van der Waals surface area (Å²) in [5.74, 6) is 0.706. The molecule has 1 atom stereocenters. The molecule has 1 aromatic heterocycles. The Balaban J connectivity index is 0.000000340. The Morgan fingerprint density at radius 1 is 1.17 bits per heavy atom. The number of aldehydes is 1. The second-order valence-corrected chi connectivity index (χ2v) is 8.11. The third kappa shape index (κ3) is 5.47. The number of nitrogens with zero attached hydrogens (tertiary/aromatic N) is 1. The molecule has 164 valence electrons. The van der Waals surface area contributed by atoms with Crippen LogP contribution >= 0.6 is 0 Å². The highest BCUT2D eigenvalue weighted by Gasteiger charge is 2.30. The smallest absolute Gasteiger partial charge is 0.163 e. The van der Waals surface area contributed by atoms with Gasteiger partial charge in [0, 0.05) is 35.9 Å². The molecule has 2 heterocycles. The quantitative estimate of drug-likeness (QED) is 0.451. The van der Waals surface area contributed by atoms with Gasteiger partial charge >= 0.3 is 0 Å². The van der Waals surface area contributed by atoms with Crippen LogP contribution in [0.1, 0.15) is 77.5 Å². The maximum Gasteiger partial charge on any atom is 0.163 e. The van der Waals surface area contributed by atoms with E-state index in [-0.39, 0.29) is 18.1 Å². The van der Waals surface area contributed by atoms with Crippen molar-refractivity contribution < 1.29 is 14.4 Å². The minimum absolute atomic E-state index is 0.0466. The van der Waals surface area contributed by atoms with Gasteiger partial charge in [0.05, 0.1) is 12.5 Å². The number of hydrogen-bond donors (Lipinski definition) is 0. The summed E-state index contributed by atoms with van der Waals surface area (Å²) < 4.78 is 1.98. The van der Waals surface area contributed by atoms with Crippen LogP contribution in [0.3, 0.4) is 0 Å². The third-order valence-electron chi connectivity index (χ3n) is 6.20. The molecule has 1 aliphatic carbocycles. The number of carbonyl (C=O) groups is 3. The topological polar surface area (TPSA) is 56.1 Å². The Kier molecular flexibility index (Phi) is 9.48. The Morgan fingerprint density at radius 2 is 1.87 bits per heavy atom. The number of benzene rings is 1. The van der Waals surface area contributed by atoms with Crippen molar-refractivity contribution in [2.45, 2.75) is 85.6 Å². The molecule has 1 unspecified atom stereocenters. The van der Waals surface area contributed by atoms with Crippen LogP contribution < -0.4 is 0 Å². The van der Waals surface area contributed by atoms with Crippen molar-refractivity contribution in [1.82, 2.24) is 4.57 Å². The van der Waals surface area contributed by atoms with Gasteiger partial charge in [-0.05, 0) is 24.0 Å². The first kappa shape index (κ1) is 24.0. The molecule has 0 amide bonds. The molecule has 0 saturated heterocycles. The summed E-state index contributed by atoms with van der Waals surface area (Å²) in [4.78, 5) is 35.3. The SMILES string of the molecule is CC.CCC1CCC1.CCCC(=O)Cc1c2n(c3ccccc13)CC(=O)C(C=O)C2. The average molecular weight is 412 g/mol. The van der Waals surface area contributed by atoms with Crippen molar-refractivity contribution in [3.63, 3.8) is 0 Å². The molecule has 0 N–H and O–H groups in total. The van der Waals surface area contributed by atoms with Crippen LogP contribution in [-0.2, 0) is 33.8 Å². The maximum atomic E-state index is 12.1. The van der Waals surface area contributed by atoms with Gasteiger partial charge in [-0.25, -0.2) is 0 Å². The van der Waals surface area contributed by atoms with Crippen LogP contribution in [0.25, 0.3) is 10.9 Å². The van der Waals surface area contributed by atoms with E-state index < -0.39 is 5.92 Å². The average Bonchev–Trinajstić information content (AvgIpc) is 3.01. The van der Waals surface area contributed by atoms with Gasteiger partial charge in [-0.2, -0.15) is 0 Å². The Labute approximate surface area is 181 Å². The Morgan fingerprint density at radius 3 is 2.40 bits per heavy atom. The normalized spacial score (nSPS) is 17.7. The van der Waals surface area contributed by atoms with Crippen molar-refractivity contribution in [1.29, 1.82) is 0 Å². The van der Waals surface area contributed by atoms with Crippen LogP contribution in [-0.4, -0.2) is 22.4 Å². The molecule has 1 fully saturated rings. The molecular weight excluding hydrogens is 374 g/mol. The number of Topliss-reactive ketones (excluding diaryl/α,β-unsaturated/α-hetero) is 2. The van der Waals surface area contributed by atoms with Crippen LogP contribution in [0, 0.1) is 11.8 Å². The first-order valence-corrected chi connectivity index (χ1v) is 11.7. The summed E-state index contributed by atoms with van der Waals surface area (Å²) in [6, 6.07) is 7.85. The van der Waals surface area contributed by atoms with Gasteiger partial charge < -0.3 is 9.36 Å². The second kappa shape index (κ2) is 11.8. The zero-order valence-corrected chi connectivity index (χ0v) is 19.1. The van der Waals surface area contributed by atoms with Gasteiger partial charge in [0.25, 0.3) is 0 Å². The van der Waals surface area contributed by atoms with Crippen molar-refractivity contribution in [3.05, 3.63) is 35.5 Å². The molecule has 0 spiro atoms. The van der Waals surface area contributed by atoms with Crippen LogP contribution in [0.2, 0.25) is 0 Å². The van der Waals surface area contributed by atoms with E-state index in [1.807, 2.05) is 49.6 Å². The number of carbonyl (C=O) groups excluding carboxylic acids is 3. The van der Waals surface area contributed by atoms with Crippen molar-refractivity contribution in [3.8, 4) is 0 Å². The molecule has 30 heavy (non-hydrogen) atoms. The summed E-state index contributed by atoms with van der Waals surface area (Å²) in [6.45, 7) is 8.50. The fourth-order valence-corrected chi connectivity index (χ4v) is 4.22. The van der Waals surface area contributed by atoms with Crippen molar-refractivity contribution in [2.75, 3.05) is 0 Å². The molecular formula is C26H37NO3. The number of aromatic nitrogens is 1. The molecule has 2 aromatic rings. The van der Waals surface area contributed by atoms with Crippen molar-refractivity contribution in [2.24, 2.45) is 11.8 Å². The predicted octanol–water partition coefficient (Wildman–Crippen LogP) is 5.72. The van der Waals surface area contributed by atoms with E-state index in [4.69, 9.17) is 0 Å². The molecule has 1 aromatic carbocycles. The Hall–Kier alpha value is -2.23. The van der Waals surface area contributed by atoms with Crippen LogP contribution in [0.5, 0.6) is 0 Å². The van der Waals surface area contributed by atoms with E-state index >= 15 is 0 Å². The zero-order chi connectivity index (χ0) is 22.1. The first-order valence-electron chi connectivity index (χ1n) is 11.7. The molecule has 0 bridgehead atoms. The lowest BCUT2D eigenvalue weighted by Crippen LogP contribution is -2.30. The van der Waals surface area contributed by atoms with Gasteiger partial charge in [0.2, 0.25) is 0 Å². The summed E-state index contributed by atoms with van der Waals surface area (Å²) in [5.41, 5.74) is 2.95. The second-order valence-electron chi connectivity index (χ2n) is 8.11. The number of ketones is 2. The van der Waals surface area contributed by atoms with Crippen molar-refractivity contribution >= 4 is 28.8 Å². The fourth-order valence-electron chi connectivity index (χ4n) is 4.22. The number of fused-ring (bicyclic) bond motifs is 3. The molecule has 1 aliphatic heterocycles. The number of hydrogen-bond acceptors (Lipinski definition) is 3. The van der Waals surface area contributed by atoms with Gasteiger partial charge in [-0.1, -0.05) is 71.6 Å².